The van der Waals surface area contributed by atoms with E-state index >= 15 is 0 Å². The molecule has 0 saturated carbocycles. The minimum Gasteiger partial charge on any atom is -0.469 e. The summed E-state index contributed by atoms with van der Waals surface area (Å²) in [5, 5.41) is 11.6. The van der Waals surface area contributed by atoms with Crippen molar-refractivity contribution in [1.82, 2.24) is 5.32 Å². The van der Waals surface area contributed by atoms with Crippen molar-refractivity contribution in [1.29, 1.82) is 0 Å². The van der Waals surface area contributed by atoms with Gasteiger partial charge in [-0.3, -0.25) is 4.79 Å². The van der Waals surface area contributed by atoms with Gasteiger partial charge in [0.05, 0.1) is 25.5 Å². The highest BCUT2D eigenvalue weighted by Crippen LogP contribution is 2.07. The van der Waals surface area contributed by atoms with Crippen LogP contribution in [-0.2, 0) is 9.53 Å². The molecule has 0 fully saturated rings. The predicted molar refractivity (Wildman–Crippen MR) is 53.8 cm³/mol. The zero-order valence-electron chi connectivity index (χ0n) is 9.02. The molecule has 88 valence electrons. The number of hydrogen-bond acceptors (Lipinski definition) is 5. The lowest BCUT2D eigenvalue weighted by atomic mass is 10.2. The number of amides is 1. The first kappa shape index (κ1) is 12.3. The first-order valence-electron chi connectivity index (χ1n) is 4.64. The average Bonchev–Trinajstić information content (AvgIpc) is 2.70. The van der Waals surface area contributed by atoms with Gasteiger partial charge in [0.25, 0.3) is 5.91 Å². The summed E-state index contributed by atoms with van der Waals surface area (Å²) in [7, 11) is 1.16. The lowest BCUT2D eigenvalue weighted by molar-refractivity contribution is -0.149. The Kier molecular flexibility index (Phi) is 4.07. The van der Waals surface area contributed by atoms with E-state index in [4.69, 9.17) is 4.42 Å². The molecule has 1 aromatic rings. The fraction of sp³-hybridized carbons (Fsp3) is 0.400. The number of aliphatic hydroxyl groups is 1. The number of hydrogen-bond donors (Lipinski definition) is 2. The minimum absolute atomic E-state index is 0.198. The summed E-state index contributed by atoms with van der Waals surface area (Å²) in [6, 6.07) is 1.51. The molecule has 2 N–H and O–H groups in total. The summed E-state index contributed by atoms with van der Waals surface area (Å²) in [5.41, 5.74) is 0.372. The molecule has 0 aliphatic heterocycles. The number of carbonyl (C=O) groups excluding carboxylic acids is 2. The van der Waals surface area contributed by atoms with Crippen LogP contribution >= 0.6 is 0 Å². The largest absolute Gasteiger partial charge is 0.469 e. The van der Waals surface area contributed by atoms with E-state index < -0.39 is 18.0 Å². The highest BCUT2D eigenvalue weighted by molar-refractivity contribution is 5.95. The van der Waals surface area contributed by atoms with Crippen LogP contribution in [0.1, 0.15) is 16.1 Å². The normalized spacial score (nSPS) is 11.9. The number of ether oxygens (including phenoxy) is 1. The predicted octanol–water partition coefficient (Wildman–Crippen LogP) is -0.148. The van der Waals surface area contributed by atoms with Gasteiger partial charge in [0.2, 0.25) is 0 Å². The molecule has 0 aromatic carbocycles. The van der Waals surface area contributed by atoms with Crippen LogP contribution in [0.3, 0.4) is 0 Å². The SMILES string of the molecule is COC(=O)C(O)CNC(=O)c1ccoc1C. The second-order valence-corrected chi connectivity index (χ2v) is 3.14. The van der Waals surface area contributed by atoms with E-state index in [0.717, 1.165) is 7.11 Å². The summed E-state index contributed by atoms with van der Waals surface area (Å²) in [5.74, 6) is -0.719. The van der Waals surface area contributed by atoms with Gasteiger partial charge in [0.1, 0.15) is 5.76 Å². The third-order valence-electron chi connectivity index (χ3n) is 2.03. The maximum atomic E-state index is 11.5. The van der Waals surface area contributed by atoms with Crippen LogP contribution in [0.25, 0.3) is 0 Å². The Morgan fingerprint density at radius 1 is 1.62 bits per heavy atom. The molecular weight excluding hydrogens is 214 g/mol. The first-order valence-corrected chi connectivity index (χ1v) is 4.64. The smallest absolute Gasteiger partial charge is 0.336 e. The van der Waals surface area contributed by atoms with Crippen LogP contribution in [0.5, 0.6) is 0 Å². The van der Waals surface area contributed by atoms with E-state index in [2.05, 4.69) is 10.1 Å². The number of esters is 1. The Balaban J connectivity index is 2.48. The average molecular weight is 227 g/mol. The van der Waals surface area contributed by atoms with Gasteiger partial charge in [-0.2, -0.15) is 0 Å². The molecule has 1 atom stereocenters. The number of furan rings is 1. The standard InChI is InChI=1S/C10H13NO5/c1-6-7(3-4-16-6)9(13)11-5-8(12)10(14)15-2/h3-4,8,12H,5H2,1-2H3,(H,11,13). The number of rotatable bonds is 4. The van der Waals surface area contributed by atoms with E-state index in [9.17, 15) is 14.7 Å². The fourth-order valence-electron chi connectivity index (χ4n) is 1.12. The Bertz CT molecular complexity index is 384. The van der Waals surface area contributed by atoms with Gasteiger partial charge in [0.15, 0.2) is 6.10 Å². The van der Waals surface area contributed by atoms with Crippen molar-refractivity contribution < 1.29 is 23.8 Å². The van der Waals surface area contributed by atoms with Gasteiger partial charge in [-0.05, 0) is 13.0 Å². The zero-order valence-corrected chi connectivity index (χ0v) is 9.02. The summed E-state index contributed by atoms with van der Waals surface area (Å²) in [6.07, 6.45) is 0.0298. The molecule has 0 saturated heterocycles. The third-order valence-corrected chi connectivity index (χ3v) is 2.03. The number of aryl methyl sites for hydroxylation is 1. The molecule has 1 aromatic heterocycles. The molecule has 16 heavy (non-hydrogen) atoms. The van der Waals surface area contributed by atoms with Crippen molar-refractivity contribution in [3.05, 3.63) is 23.7 Å². The number of aliphatic hydroxyl groups excluding tert-OH is 1. The number of methoxy groups -OCH3 is 1. The Hall–Kier alpha value is -1.82. The van der Waals surface area contributed by atoms with Crippen LogP contribution in [0.4, 0.5) is 0 Å². The Labute approximate surface area is 92.2 Å². The van der Waals surface area contributed by atoms with Crippen molar-refractivity contribution >= 4 is 11.9 Å². The molecule has 1 amide bonds. The lowest BCUT2D eigenvalue weighted by Gasteiger charge is -2.09. The second-order valence-electron chi connectivity index (χ2n) is 3.14. The summed E-state index contributed by atoms with van der Waals surface area (Å²) in [4.78, 5) is 22.3. The van der Waals surface area contributed by atoms with E-state index in [1.165, 1.54) is 12.3 Å². The quantitative estimate of drug-likeness (QED) is 0.698. The van der Waals surface area contributed by atoms with Crippen LogP contribution in [-0.4, -0.2) is 36.7 Å². The summed E-state index contributed by atoms with van der Waals surface area (Å²) in [6.45, 7) is 1.45. The molecule has 6 heteroatoms. The van der Waals surface area contributed by atoms with E-state index in [1.807, 2.05) is 0 Å². The molecule has 0 aliphatic rings. The summed E-state index contributed by atoms with van der Waals surface area (Å²) >= 11 is 0. The topological polar surface area (TPSA) is 88.8 Å². The van der Waals surface area contributed by atoms with Crippen molar-refractivity contribution in [2.24, 2.45) is 0 Å². The monoisotopic (exact) mass is 227 g/mol. The van der Waals surface area contributed by atoms with Crippen molar-refractivity contribution in [2.75, 3.05) is 13.7 Å². The van der Waals surface area contributed by atoms with Gasteiger partial charge < -0.3 is 19.6 Å². The highest BCUT2D eigenvalue weighted by Gasteiger charge is 2.18. The first-order chi connectivity index (χ1) is 7.56. The van der Waals surface area contributed by atoms with E-state index in [1.54, 1.807) is 6.92 Å². The number of carbonyl (C=O) groups is 2. The molecular formula is C10H13NO5. The molecule has 1 heterocycles. The third kappa shape index (κ3) is 2.83. The molecule has 6 nitrogen and oxygen atoms in total. The Morgan fingerprint density at radius 3 is 2.81 bits per heavy atom. The minimum atomic E-state index is -1.36. The molecule has 0 spiro atoms. The molecule has 1 rings (SSSR count). The van der Waals surface area contributed by atoms with Crippen LogP contribution < -0.4 is 5.32 Å². The van der Waals surface area contributed by atoms with Gasteiger partial charge in [-0.15, -0.1) is 0 Å². The fourth-order valence-corrected chi connectivity index (χ4v) is 1.12. The van der Waals surface area contributed by atoms with Gasteiger partial charge in [-0.25, -0.2) is 4.79 Å². The lowest BCUT2D eigenvalue weighted by Crippen LogP contribution is -2.37. The van der Waals surface area contributed by atoms with Gasteiger partial charge >= 0.3 is 5.97 Å². The van der Waals surface area contributed by atoms with Gasteiger partial charge in [-0.1, -0.05) is 0 Å². The molecule has 0 radical (unpaired) electrons. The van der Waals surface area contributed by atoms with Crippen LogP contribution in [0.2, 0.25) is 0 Å². The van der Waals surface area contributed by atoms with Crippen molar-refractivity contribution in [3.8, 4) is 0 Å². The maximum absolute atomic E-state index is 11.5. The maximum Gasteiger partial charge on any atom is 0.336 e. The van der Waals surface area contributed by atoms with E-state index in [0.29, 0.717) is 11.3 Å². The zero-order chi connectivity index (χ0) is 12.1. The molecule has 0 aliphatic carbocycles. The molecule has 1 unspecified atom stereocenters. The highest BCUT2D eigenvalue weighted by atomic mass is 16.5. The summed E-state index contributed by atoms with van der Waals surface area (Å²) < 4.78 is 9.25. The van der Waals surface area contributed by atoms with Crippen molar-refractivity contribution in [2.45, 2.75) is 13.0 Å². The number of nitrogens with one attached hydrogen (secondary N) is 1. The van der Waals surface area contributed by atoms with Crippen LogP contribution in [0.15, 0.2) is 16.7 Å². The van der Waals surface area contributed by atoms with Gasteiger partial charge in [0, 0.05) is 0 Å². The second kappa shape index (κ2) is 5.32. The molecule has 0 bridgehead atoms. The Morgan fingerprint density at radius 2 is 2.31 bits per heavy atom. The van der Waals surface area contributed by atoms with E-state index in [-0.39, 0.29) is 6.54 Å². The van der Waals surface area contributed by atoms with Crippen LogP contribution in [0, 0.1) is 6.92 Å². The van der Waals surface area contributed by atoms with Crippen molar-refractivity contribution in [3.63, 3.8) is 0 Å².